The molecule has 9 heteroatoms. The highest BCUT2D eigenvalue weighted by Gasteiger charge is 2.34. The van der Waals surface area contributed by atoms with Crippen LogP contribution in [0, 0.1) is 5.92 Å². The third kappa shape index (κ3) is 3.04. The summed E-state index contributed by atoms with van der Waals surface area (Å²) in [6.45, 7) is 0.297. The number of rotatable bonds is 3. The summed E-state index contributed by atoms with van der Waals surface area (Å²) in [4.78, 5) is 22.8. The fourth-order valence-corrected chi connectivity index (χ4v) is 1.75. The average molecular weight is 276 g/mol. The Morgan fingerprint density at radius 3 is 2.79 bits per heavy atom. The van der Waals surface area contributed by atoms with E-state index in [1.165, 1.54) is 0 Å². The lowest BCUT2D eigenvalue weighted by Crippen LogP contribution is -2.34. The summed E-state index contributed by atoms with van der Waals surface area (Å²) in [5, 5.41) is 10.2. The molecule has 1 fully saturated rings. The molecule has 104 valence electrons. The minimum Gasteiger partial charge on any atom is -0.355 e. The van der Waals surface area contributed by atoms with Gasteiger partial charge in [-0.1, -0.05) is 0 Å². The number of H-pyrrole nitrogens is 1. The number of aromatic amines is 1. The van der Waals surface area contributed by atoms with E-state index < -0.39 is 23.7 Å². The van der Waals surface area contributed by atoms with E-state index in [2.05, 4.69) is 20.8 Å². The van der Waals surface area contributed by atoms with Crippen molar-refractivity contribution in [1.29, 1.82) is 0 Å². The van der Waals surface area contributed by atoms with Gasteiger partial charge in [0.2, 0.25) is 11.8 Å². The molecular formula is C10H11F3N4O2. The smallest absolute Gasteiger partial charge is 0.355 e. The minimum atomic E-state index is -4.52. The number of carbonyl (C=O) groups excluding carboxylic acids is 2. The first-order valence-electron chi connectivity index (χ1n) is 5.55. The van der Waals surface area contributed by atoms with Gasteiger partial charge in [-0.15, -0.1) is 0 Å². The van der Waals surface area contributed by atoms with E-state index in [4.69, 9.17) is 0 Å². The number of alkyl halides is 3. The molecule has 0 radical (unpaired) electrons. The quantitative estimate of drug-likeness (QED) is 0.688. The van der Waals surface area contributed by atoms with Gasteiger partial charge in [-0.2, -0.15) is 18.3 Å². The summed E-state index contributed by atoms with van der Waals surface area (Å²) >= 11 is 0. The van der Waals surface area contributed by atoms with Gasteiger partial charge in [0.1, 0.15) is 5.92 Å². The second-order valence-electron chi connectivity index (χ2n) is 4.13. The van der Waals surface area contributed by atoms with Gasteiger partial charge in [0, 0.05) is 6.54 Å². The zero-order valence-electron chi connectivity index (χ0n) is 9.67. The maximum Gasteiger partial charge on any atom is 0.435 e. The summed E-state index contributed by atoms with van der Waals surface area (Å²) in [6.07, 6.45) is -4.13. The van der Waals surface area contributed by atoms with Crippen molar-refractivity contribution in [2.45, 2.75) is 19.1 Å². The molecule has 2 amide bonds. The van der Waals surface area contributed by atoms with E-state index in [0.717, 1.165) is 6.07 Å². The molecule has 0 aromatic carbocycles. The second-order valence-corrected chi connectivity index (χ2v) is 4.13. The van der Waals surface area contributed by atoms with Crippen LogP contribution < -0.4 is 10.6 Å². The Balaban J connectivity index is 1.90. The Hall–Kier alpha value is -2.06. The number of hydrogen-bond donors (Lipinski definition) is 3. The predicted octanol–water partition coefficient (Wildman–Crippen LogP) is 0.181. The zero-order valence-corrected chi connectivity index (χ0v) is 9.67. The highest BCUT2D eigenvalue weighted by Crippen LogP contribution is 2.27. The largest absolute Gasteiger partial charge is 0.435 e. The van der Waals surface area contributed by atoms with Crippen LogP contribution in [0.2, 0.25) is 0 Å². The van der Waals surface area contributed by atoms with Crippen molar-refractivity contribution in [3.05, 3.63) is 17.5 Å². The number of aromatic nitrogens is 2. The Labute approximate surface area is 105 Å². The van der Waals surface area contributed by atoms with Crippen LogP contribution in [0.4, 0.5) is 13.2 Å². The number of hydrogen-bond acceptors (Lipinski definition) is 3. The Kier molecular flexibility index (Phi) is 3.45. The summed E-state index contributed by atoms with van der Waals surface area (Å²) in [6, 6.07) is 0.814. The lowest BCUT2D eigenvalue weighted by Gasteiger charge is -2.07. The molecule has 0 saturated carbocycles. The first-order valence-corrected chi connectivity index (χ1v) is 5.55. The Bertz CT molecular complexity index is 497. The van der Waals surface area contributed by atoms with Crippen molar-refractivity contribution in [1.82, 2.24) is 20.8 Å². The predicted molar refractivity (Wildman–Crippen MR) is 56.6 cm³/mol. The van der Waals surface area contributed by atoms with E-state index in [-0.39, 0.29) is 18.1 Å². The number of nitrogens with one attached hydrogen (secondary N) is 3. The third-order valence-electron chi connectivity index (χ3n) is 2.74. The van der Waals surface area contributed by atoms with Crippen LogP contribution in [0.3, 0.4) is 0 Å². The molecule has 1 saturated heterocycles. The van der Waals surface area contributed by atoms with E-state index in [1.807, 2.05) is 0 Å². The molecule has 6 nitrogen and oxygen atoms in total. The molecule has 0 spiro atoms. The van der Waals surface area contributed by atoms with Crippen LogP contribution in [-0.2, 0) is 22.3 Å². The summed E-state index contributed by atoms with van der Waals surface area (Å²) < 4.78 is 36.8. The van der Waals surface area contributed by atoms with Crippen LogP contribution in [0.15, 0.2) is 6.07 Å². The van der Waals surface area contributed by atoms with Crippen molar-refractivity contribution in [3.8, 4) is 0 Å². The number of halogens is 3. The van der Waals surface area contributed by atoms with E-state index >= 15 is 0 Å². The molecule has 2 rings (SSSR count). The van der Waals surface area contributed by atoms with Crippen LogP contribution >= 0.6 is 0 Å². The Morgan fingerprint density at radius 1 is 1.53 bits per heavy atom. The summed E-state index contributed by atoms with van der Waals surface area (Å²) in [7, 11) is 0. The highest BCUT2D eigenvalue weighted by molar-refractivity contribution is 6.01. The summed E-state index contributed by atoms with van der Waals surface area (Å²) in [5.41, 5.74) is -0.922. The minimum absolute atomic E-state index is 0.124. The standard InChI is InChI=1S/C10H11F3N4O2/c11-10(12,13)7-3-5(16-17-7)4-15-9(19)6-1-2-14-8(6)18/h3,6H,1-2,4H2,(H,14,18)(H,15,19)(H,16,17). The molecule has 3 N–H and O–H groups in total. The topological polar surface area (TPSA) is 86.9 Å². The molecule has 1 unspecified atom stereocenters. The van der Waals surface area contributed by atoms with Gasteiger partial charge < -0.3 is 10.6 Å². The average Bonchev–Trinajstić information content (AvgIpc) is 2.93. The lowest BCUT2D eigenvalue weighted by atomic mass is 10.1. The van der Waals surface area contributed by atoms with Gasteiger partial charge in [0.05, 0.1) is 12.2 Å². The fourth-order valence-electron chi connectivity index (χ4n) is 1.75. The fraction of sp³-hybridized carbons (Fsp3) is 0.500. The molecule has 2 heterocycles. The van der Waals surface area contributed by atoms with Crippen molar-refractivity contribution in [2.24, 2.45) is 5.92 Å². The van der Waals surface area contributed by atoms with Crippen molar-refractivity contribution < 1.29 is 22.8 Å². The highest BCUT2D eigenvalue weighted by atomic mass is 19.4. The van der Waals surface area contributed by atoms with Crippen molar-refractivity contribution in [3.63, 3.8) is 0 Å². The van der Waals surface area contributed by atoms with Crippen LogP contribution in [0.1, 0.15) is 17.8 Å². The first-order chi connectivity index (χ1) is 8.88. The Morgan fingerprint density at radius 2 is 2.26 bits per heavy atom. The monoisotopic (exact) mass is 276 g/mol. The van der Waals surface area contributed by atoms with Gasteiger partial charge in [-0.05, 0) is 12.5 Å². The molecule has 0 bridgehead atoms. The van der Waals surface area contributed by atoms with Crippen molar-refractivity contribution in [2.75, 3.05) is 6.54 Å². The maximum atomic E-state index is 12.3. The molecule has 1 atom stereocenters. The van der Waals surface area contributed by atoms with E-state index in [1.54, 1.807) is 0 Å². The maximum absolute atomic E-state index is 12.3. The van der Waals surface area contributed by atoms with Crippen LogP contribution in [-0.4, -0.2) is 28.6 Å². The molecular weight excluding hydrogens is 265 g/mol. The number of carbonyl (C=O) groups is 2. The molecule has 1 aromatic heterocycles. The van der Waals surface area contributed by atoms with Gasteiger partial charge in [0.15, 0.2) is 5.69 Å². The third-order valence-corrected chi connectivity index (χ3v) is 2.74. The number of amides is 2. The van der Waals surface area contributed by atoms with Gasteiger partial charge in [-0.25, -0.2) is 0 Å². The summed E-state index contributed by atoms with van der Waals surface area (Å²) in [5.74, 6) is -1.64. The van der Waals surface area contributed by atoms with Gasteiger partial charge in [-0.3, -0.25) is 14.7 Å². The zero-order chi connectivity index (χ0) is 14.0. The first kappa shape index (κ1) is 13.4. The molecule has 1 aromatic rings. The molecule has 0 aliphatic carbocycles. The van der Waals surface area contributed by atoms with Crippen LogP contribution in [0.25, 0.3) is 0 Å². The second kappa shape index (κ2) is 4.90. The lowest BCUT2D eigenvalue weighted by molar-refractivity contribution is -0.141. The molecule has 1 aliphatic heterocycles. The normalized spacial score (nSPS) is 19.3. The van der Waals surface area contributed by atoms with Crippen LogP contribution in [0.5, 0.6) is 0 Å². The van der Waals surface area contributed by atoms with Crippen molar-refractivity contribution >= 4 is 11.8 Å². The van der Waals surface area contributed by atoms with Gasteiger partial charge >= 0.3 is 6.18 Å². The van der Waals surface area contributed by atoms with E-state index in [9.17, 15) is 22.8 Å². The van der Waals surface area contributed by atoms with E-state index in [0.29, 0.717) is 13.0 Å². The molecule has 1 aliphatic rings. The SMILES string of the molecule is O=C1NCCC1C(=O)NCc1cc(C(F)(F)F)n[nH]1. The van der Waals surface area contributed by atoms with Gasteiger partial charge in [0.25, 0.3) is 0 Å². The number of nitrogens with zero attached hydrogens (tertiary/aromatic N) is 1. The molecule has 19 heavy (non-hydrogen) atoms.